The molecule has 0 saturated heterocycles. The number of aromatic nitrogens is 1. The maximum absolute atomic E-state index is 12.4. The molecule has 0 N–H and O–H groups in total. The van der Waals surface area contributed by atoms with Crippen molar-refractivity contribution < 1.29 is 32.3 Å². The largest absolute Gasteiger partial charge is 0.493 e. The number of nitro groups is 1. The highest BCUT2D eigenvalue weighted by Gasteiger charge is 2.24. The van der Waals surface area contributed by atoms with Crippen molar-refractivity contribution in [2.75, 3.05) is 20.5 Å². The number of rotatable bonds is 8. The van der Waals surface area contributed by atoms with Crippen LogP contribution >= 0.6 is 11.3 Å². The minimum Gasteiger partial charge on any atom is -0.493 e. The maximum atomic E-state index is 12.4. The third-order valence-corrected chi connectivity index (χ3v) is 6.40. The van der Waals surface area contributed by atoms with E-state index in [0.29, 0.717) is 27.8 Å². The van der Waals surface area contributed by atoms with Crippen LogP contribution in [0.4, 0.5) is 5.69 Å². The molecule has 0 saturated carbocycles. The highest BCUT2D eigenvalue weighted by molar-refractivity contribution is 7.90. The van der Waals surface area contributed by atoms with Gasteiger partial charge in [-0.2, -0.15) is 0 Å². The van der Waals surface area contributed by atoms with E-state index in [9.17, 15) is 23.3 Å². The van der Waals surface area contributed by atoms with Gasteiger partial charge in [-0.3, -0.25) is 10.1 Å². The average Bonchev–Trinajstić information content (AvgIpc) is 3.24. The van der Waals surface area contributed by atoms with Gasteiger partial charge in [0.1, 0.15) is 16.5 Å². The Morgan fingerprint density at radius 3 is 2.56 bits per heavy atom. The Bertz CT molecular complexity index is 1280. The molecular weight excluding hydrogens is 460 g/mol. The van der Waals surface area contributed by atoms with Gasteiger partial charge >= 0.3 is 5.97 Å². The molecular formula is C20H18N2O8S2. The second kappa shape index (κ2) is 9.32. The summed E-state index contributed by atoms with van der Waals surface area (Å²) in [7, 11) is -0.784. The van der Waals surface area contributed by atoms with Gasteiger partial charge < -0.3 is 14.2 Å². The number of esters is 1. The second-order valence-electron chi connectivity index (χ2n) is 6.47. The first-order chi connectivity index (χ1) is 15.2. The molecule has 0 aliphatic heterocycles. The van der Waals surface area contributed by atoms with Crippen LogP contribution in [0.3, 0.4) is 0 Å². The number of hydrogen-bond donors (Lipinski definition) is 0. The summed E-state index contributed by atoms with van der Waals surface area (Å²) in [5.74, 6) is 0.222. The summed E-state index contributed by atoms with van der Waals surface area (Å²) in [5.41, 5.74) is 0.337. The van der Waals surface area contributed by atoms with Crippen molar-refractivity contribution in [3.05, 3.63) is 63.1 Å². The van der Waals surface area contributed by atoms with Gasteiger partial charge in [0, 0.05) is 17.7 Å². The van der Waals surface area contributed by atoms with Crippen LogP contribution in [0.5, 0.6) is 11.5 Å². The van der Waals surface area contributed by atoms with E-state index < -0.39 is 31.3 Å². The smallest absolute Gasteiger partial charge is 0.338 e. The lowest BCUT2D eigenvalue weighted by Gasteiger charge is -2.10. The van der Waals surface area contributed by atoms with Crippen molar-refractivity contribution in [1.29, 1.82) is 0 Å². The zero-order chi connectivity index (χ0) is 23.5. The van der Waals surface area contributed by atoms with Crippen molar-refractivity contribution >= 4 is 32.8 Å². The normalized spacial score (nSPS) is 11.1. The van der Waals surface area contributed by atoms with Crippen LogP contribution in [0.1, 0.15) is 16.1 Å². The number of benzene rings is 2. The van der Waals surface area contributed by atoms with Gasteiger partial charge in [0.25, 0.3) is 5.69 Å². The summed E-state index contributed by atoms with van der Waals surface area (Å²) in [6.45, 7) is -0.177. The van der Waals surface area contributed by atoms with Crippen LogP contribution in [0.25, 0.3) is 10.6 Å². The molecule has 12 heteroatoms. The van der Waals surface area contributed by atoms with E-state index in [2.05, 4.69) is 4.98 Å². The Balaban J connectivity index is 1.78. The van der Waals surface area contributed by atoms with Gasteiger partial charge in [-0.05, 0) is 24.3 Å². The molecule has 1 heterocycles. The number of nitrogens with zero attached hydrogens (tertiary/aromatic N) is 2. The van der Waals surface area contributed by atoms with Gasteiger partial charge in [0.05, 0.1) is 36.0 Å². The predicted molar refractivity (Wildman–Crippen MR) is 116 cm³/mol. The molecule has 0 atom stereocenters. The topological polar surface area (TPSA) is 135 Å². The highest BCUT2D eigenvalue weighted by Crippen LogP contribution is 2.39. The number of ether oxygens (including phenoxy) is 3. The quantitative estimate of drug-likeness (QED) is 0.271. The van der Waals surface area contributed by atoms with E-state index in [0.717, 1.165) is 18.4 Å². The van der Waals surface area contributed by atoms with Crippen molar-refractivity contribution in [3.8, 4) is 22.1 Å². The maximum Gasteiger partial charge on any atom is 0.338 e. The first-order valence-corrected chi connectivity index (χ1v) is 11.7. The van der Waals surface area contributed by atoms with E-state index in [1.807, 2.05) is 6.07 Å². The van der Waals surface area contributed by atoms with Crippen LogP contribution < -0.4 is 9.47 Å². The molecule has 0 amide bonds. The zero-order valence-electron chi connectivity index (χ0n) is 17.2. The Kier molecular flexibility index (Phi) is 6.75. The van der Waals surface area contributed by atoms with Crippen LogP contribution in [0.15, 0.2) is 46.7 Å². The van der Waals surface area contributed by atoms with E-state index in [1.165, 1.54) is 31.6 Å². The fourth-order valence-corrected chi connectivity index (χ4v) is 4.53. The minimum atomic E-state index is -3.83. The number of sulfone groups is 1. The number of thiazole rings is 1. The van der Waals surface area contributed by atoms with Crippen molar-refractivity contribution in [2.24, 2.45) is 0 Å². The van der Waals surface area contributed by atoms with Gasteiger partial charge in [-0.1, -0.05) is 6.07 Å². The van der Waals surface area contributed by atoms with Crippen LogP contribution in [-0.2, 0) is 21.2 Å². The van der Waals surface area contributed by atoms with E-state index >= 15 is 0 Å². The standard InChI is InChI=1S/C20H18N2O8S2/c1-28-16-6-4-5-14(18(16)29-2)19-21-13(11-31-19)10-30-20(23)12-7-8-17(32(3,26)27)15(9-12)22(24)25/h4-9,11H,10H2,1-3H3. The summed E-state index contributed by atoms with van der Waals surface area (Å²) in [5, 5.41) is 13.5. The fraction of sp³-hybridized carbons (Fsp3) is 0.200. The lowest BCUT2D eigenvalue weighted by Crippen LogP contribution is -2.08. The highest BCUT2D eigenvalue weighted by atomic mass is 32.2. The molecule has 10 nitrogen and oxygen atoms in total. The number of carbonyl (C=O) groups excluding carboxylic acids is 1. The molecule has 3 rings (SSSR count). The number of hydrogen-bond acceptors (Lipinski definition) is 10. The molecule has 0 aliphatic rings. The summed E-state index contributed by atoms with van der Waals surface area (Å²) in [6.07, 6.45) is 0.852. The van der Waals surface area contributed by atoms with E-state index in [1.54, 1.807) is 17.5 Å². The molecule has 168 valence electrons. The van der Waals surface area contributed by atoms with Gasteiger partial charge in [-0.15, -0.1) is 11.3 Å². The first kappa shape index (κ1) is 23.2. The molecule has 0 aliphatic carbocycles. The summed E-state index contributed by atoms with van der Waals surface area (Å²) in [6, 6.07) is 8.43. The average molecular weight is 479 g/mol. The molecule has 2 aromatic carbocycles. The molecule has 1 aromatic heterocycles. The SMILES string of the molecule is COc1cccc(-c2nc(COC(=O)c3ccc(S(C)(=O)=O)c([N+](=O)[O-])c3)cs2)c1OC. The van der Waals surface area contributed by atoms with Gasteiger partial charge in [0.2, 0.25) is 0 Å². The molecule has 0 radical (unpaired) electrons. The Hall–Kier alpha value is -3.51. The van der Waals surface area contributed by atoms with Gasteiger partial charge in [-0.25, -0.2) is 18.2 Å². The first-order valence-electron chi connectivity index (χ1n) is 8.97. The van der Waals surface area contributed by atoms with E-state index in [4.69, 9.17) is 14.2 Å². The summed E-state index contributed by atoms with van der Waals surface area (Å²) < 4.78 is 39.3. The van der Waals surface area contributed by atoms with Crippen molar-refractivity contribution in [3.63, 3.8) is 0 Å². The molecule has 0 fully saturated rings. The van der Waals surface area contributed by atoms with E-state index in [-0.39, 0.29) is 12.2 Å². The second-order valence-corrected chi connectivity index (χ2v) is 9.32. The number of carbonyl (C=O) groups is 1. The summed E-state index contributed by atoms with van der Waals surface area (Å²) in [4.78, 5) is 26.7. The lowest BCUT2D eigenvalue weighted by molar-refractivity contribution is -0.387. The van der Waals surface area contributed by atoms with Crippen molar-refractivity contribution in [1.82, 2.24) is 4.98 Å². The molecule has 0 bridgehead atoms. The van der Waals surface area contributed by atoms with Crippen LogP contribution in [0, 0.1) is 10.1 Å². The van der Waals surface area contributed by atoms with Crippen LogP contribution in [-0.4, -0.2) is 44.8 Å². The molecule has 3 aromatic rings. The lowest BCUT2D eigenvalue weighted by atomic mass is 10.2. The Morgan fingerprint density at radius 1 is 1.19 bits per heavy atom. The Labute approximate surface area is 187 Å². The third kappa shape index (κ3) is 4.86. The Morgan fingerprint density at radius 2 is 1.94 bits per heavy atom. The number of nitro benzene ring substituents is 1. The zero-order valence-corrected chi connectivity index (χ0v) is 18.9. The third-order valence-electron chi connectivity index (χ3n) is 4.33. The predicted octanol–water partition coefficient (Wildman–Crippen LogP) is 3.50. The van der Waals surface area contributed by atoms with Crippen molar-refractivity contribution in [2.45, 2.75) is 11.5 Å². The number of methoxy groups -OCH3 is 2. The minimum absolute atomic E-state index is 0.144. The fourth-order valence-electron chi connectivity index (χ4n) is 2.88. The number of para-hydroxylation sites is 1. The molecule has 0 spiro atoms. The summed E-state index contributed by atoms with van der Waals surface area (Å²) >= 11 is 1.32. The molecule has 0 unspecified atom stereocenters. The van der Waals surface area contributed by atoms with Gasteiger partial charge in [0.15, 0.2) is 21.3 Å². The molecule has 32 heavy (non-hydrogen) atoms. The monoisotopic (exact) mass is 478 g/mol. The van der Waals surface area contributed by atoms with Crippen LogP contribution in [0.2, 0.25) is 0 Å².